The first-order chi connectivity index (χ1) is 17.4. The first kappa shape index (κ1) is 25.3. The number of carbonyl (C=O) groups excluding carboxylic acids is 2. The molecule has 1 amide bonds. The van der Waals surface area contributed by atoms with Gasteiger partial charge in [0.2, 0.25) is 10.0 Å². The van der Waals surface area contributed by atoms with Gasteiger partial charge in [-0.1, -0.05) is 18.6 Å². The van der Waals surface area contributed by atoms with Crippen molar-refractivity contribution in [3.8, 4) is 0 Å². The summed E-state index contributed by atoms with van der Waals surface area (Å²) in [7, 11) is -8.01. The fourth-order valence-corrected chi connectivity index (χ4v) is 6.58. The van der Waals surface area contributed by atoms with Crippen molar-refractivity contribution >= 4 is 48.9 Å². The SMILES string of the molecule is CS(=O)(=O)Nc1ccc2c(c1)S(=O)(=O)N=C(C1C(=O)C3CCCCN3N(Cc3ccc(F)cc3)C1=O)N2. The molecule has 2 N–H and O–H groups in total. The average Bonchev–Trinajstić information content (AvgIpc) is 2.82. The highest BCUT2D eigenvalue weighted by molar-refractivity contribution is 7.92. The van der Waals surface area contributed by atoms with E-state index >= 15 is 0 Å². The third kappa shape index (κ3) is 4.95. The van der Waals surface area contributed by atoms with Crippen molar-refractivity contribution in [2.75, 3.05) is 22.8 Å². The summed E-state index contributed by atoms with van der Waals surface area (Å²) in [5.74, 6) is -3.28. The number of rotatable bonds is 5. The number of halogens is 1. The Labute approximate surface area is 213 Å². The van der Waals surface area contributed by atoms with Gasteiger partial charge in [0.05, 0.1) is 24.5 Å². The molecule has 11 nitrogen and oxygen atoms in total. The number of carbonyl (C=O) groups is 2. The van der Waals surface area contributed by atoms with Crippen LogP contribution in [0.3, 0.4) is 0 Å². The minimum Gasteiger partial charge on any atom is -0.341 e. The van der Waals surface area contributed by atoms with Crippen LogP contribution >= 0.6 is 0 Å². The number of Topliss-reactive ketones (excluding diaryl/α,β-unsaturated/α-hetero) is 1. The van der Waals surface area contributed by atoms with Crippen LogP contribution in [0.15, 0.2) is 51.8 Å². The third-order valence-electron chi connectivity index (χ3n) is 6.46. The lowest BCUT2D eigenvalue weighted by Gasteiger charge is -2.48. The Kier molecular flexibility index (Phi) is 6.28. The standard InChI is InChI=1S/C23H24FN5O6S2/c1-36(32,33)26-16-9-10-17-19(12-16)37(34,35)27-22(25-17)20-21(30)18-4-2-3-11-28(18)29(23(20)31)13-14-5-7-15(24)8-6-14/h5-10,12,18,20,26H,2-4,11,13H2,1H3,(H,25,27). The Bertz CT molecular complexity index is 1530. The molecule has 0 aromatic heterocycles. The summed E-state index contributed by atoms with van der Waals surface area (Å²) < 4.78 is 68.6. The predicted octanol–water partition coefficient (Wildman–Crippen LogP) is 1.71. The monoisotopic (exact) mass is 549 g/mol. The molecular formula is C23H24FN5O6S2. The van der Waals surface area contributed by atoms with Crippen LogP contribution < -0.4 is 10.0 Å². The number of anilines is 2. The lowest BCUT2D eigenvalue weighted by atomic mass is 9.87. The molecule has 3 aliphatic rings. The zero-order chi connectivity index (χ0) is 26.5. The van der Waals surface area contributed by atoms with E-state index in [1.165, 1.54) is 29.3 Å². The fourth-order valence-electron chi connectivity index (χ4n) is 4.85. The van der Waals surface area contributed by atoms with Crippen molar-refractivity contribution in [2.45, 2.75) is 36.7 Å². The van der Waals surface area contributed by atoms with E-state index in [0.29, 0.717) is 18.5 Å². The summed E-state index contributed by atoms with van der Waals surface area (Å²) >= 11 is 0. The normalized spacial score (nSPS) is 23.5. The van der Waals surface area contributed by atoms with Crippen molar-refractivity contribution in [1.82, 2.24) is 10.0 Å². The highest BCUT2D eigenvalue weighted by atomic mass is 32.2. The molecule has 5 rings (SSSR count). The van der Waals surface area contributed by atoms with E-state index in [9.17, 15) is 30.8 Å². The van der Waals surface area contributed by atoms with Crippen molar-refractivity contribution in [3.63, 3.8) is 0 Å². The predicted molar refractivity (Wildman–Crippen MR) is 133 cm³/mol. The number of hydrazine groups is 1. The number of hydrogen-bond donors (Lipinski definition) is 2. The second kappa shape index (κ2) is 9.19. The van der Waals surface area contributed by atoms with E-state index in [-0.39, 0.29) is 28.7 Å². The van der Waals surface area contributed by atoms with E-state index in [1.54, 1.807) is 17.1 Å². The first-order valence-corrected chi connectivity index (χ1v) is 14.9. The van der Waals surface area contributed by atoms with Crippen LogP contribution in [0.5, 0.6) is 0 Å². The van der Waals surface area contributed by atoms with Crippen LogP contribution in [-0.4, -0.2) is 63.2 Å². The molecule has 0 aliphatic carbocycles. The van der Waals surface area contributed by atoms with Gasteiger partial charge in [-0.15, -0.1) is 4.40 Å². The maximum atomic E-state index is 13.7. The Morgan fingerprint density at radius 2 is 1.86 bits per heavy atom. The molecule has 0 spiro atoms. The average molecular weight is 550 g/mol. The summed E-state index contributed by atoms with van der Waals surface area (Å²) in [5, 5.41) is 5.95. The number of sulfonamides is 2. The van der Waals surface area contributed by atoms with E-state index < -0.39 is 49.5 Å². The molecule has 0 saturated carbocycles. The second-order valence-electron chi connectivity index (χ2n) is 9.19. The van der Waals surface area contributed by atoms with Crippen LogP contribution in [0.1, 0.15) is 24.8 Å². The van der Waals surface area contributed by atoms with E-state index in [2.05, 4.69) is 14.4 Å². The van der Waals surface area contributed by atoms with Gasteiger partial charge in [-0.25, -0.2) is 17.8 Å². The van der Waals surface area contributed by atoms with E-state index in [4.69, 9.17) is 0 Å². The maximum absolute atomic E-state index is 13.7. The lowest BCUT2D eigenvalue weighted by Crippen LogP contribution is -2.66. The Morgan fingerprint density at radius 3 is 2.57 bits per heavy atom. The third-order valence-corrected chi connectivity index (χ3v) is 8.40. The minimum atomic E-state index is -4.36. The number of amides is 1. The van der Waals surface area contributed by atoms with Gasteiger partial charge in [0.25, 0.3) is 15.9 Å². The fraction of sp³-hybridized carbons (Fsp3) is 0.348. The number of hydrogen-bond acceptors (Lipinski definition) is 8. The summed E-state index contributed by atoms with van der Waals surface area (Å²) in [4.78, 5) is 26.9. The molecule has 0 bridgehead atoms. The van der Waals surface area contributed by atoms with Crippen LogP contribution in [-0.2, 0) is 36.2 Å². The van der Waals surface area contributed by atoms with Crippen LogP contribution in [0.2, 0.25) is 0 Å². The molecule has 196 valence electrons. The van der Waals surface area contributed by atoms with Crippen LogP contribution in [0, 0.1) is 11.7 Å². The van der Waals surface area contributed by atoms with Crippen LogP contribution in [0.25, 0.3) is 0 Å². The van der Waals surface area contributed by atoms with Gasteiger partial charge in [0, 0.05) is 12.2 Å². The molecule has 2 fully saturated rings. The number of amidine groups is 1. The Hall–Kier alpha value is -3.36. The zero-order valence-corrected chi connectivity index (χ0v) is 21.4. The molecule has 14 heteroatoms. The highest BCUT2D eigenvalue weighted by Crippen LogP contribution is 2.35. The molecule has 2 aromatic carbocycles. The van der Waals surface area contributed by atoms with Crippen molar-refractivity contribution in [3.05, 3.63) is 53.8 Å². The van der Waals surface area contributed by atoms with E-state index in [0.717, 1.165) is 25.2 Å². The molecular weight excluding hydrogens is 525 g/mol. The van der Waals surface area contributed by atoms with Gasteiger partial charge in [-0.05, 0) is 48.7 Å². The van der Waals surface area contributed by atoms with Gasteiger partial charge < -0.3 is 5.32 Å². The Morgan fingerprint density at radius 1 is 1.14 bits per heavy atom. The summed E-state index contributed by atoms with van der Waals surface area (Å²) in [6.07, 6.45) is 2.99. The topological polar surface area (TPSA) is 145 Å². The number of nitrogens with zero attached hydrogens (tertiary/aromatic N) is 3. The largest absolute Gasteiger partial charge is 0.341 e. The van der Waals surface area contributed by atoms with Gasteiger partial charge in [0.15, 0.2) is 11.7 Å². The maximum Gasteiger partial charge on any atom is 0.286 e. The smallest absolute Gasteiger partial charge is 0.286 e. The van der Waals surface area contributed by atoms with Gasteiger partial charge in [0.1, 0.15) is 16.5 Å². The first-order valence-electron chi connectivity index (χ1n) is 11.5. The van der Waals surface area contributed by atoms with E-state index in [1.807, 2.05) is 0 Å². The molecule has 37 heavy (non-hydrogen) atoms. The molecule has 3 aliphatic heterocycles. The molecule has 2 atom stereocenters. The molecule has 2 unspecified atom stereocenters. The molecule has 0 radical (unpaired) electrons. The number of ketones is 1. The quantitative estimate of drug-likeness (QED) is 0.536. The molecule has 2 aromatic rings. The van der Waals surface area contributed by atoms with Gasteiger partial charge in [-0.2, -0.15) is 8.42 Å². The Balaban J connectivity index is 1.50. The minimum absolute atomic E-state index is 0.0263. The zero-order valence-electron chi connectivity index (χ0n) is 19.7. The van der Waals surface area contributed by atoms with Crippen molar-refractivity contribution in [2.24, 2.45) is 10.3 Å². The number of benzene rings is 2. The molecule has 3 heterocycles. The van der Waals surface area contributed by atoms with Gasteiger partial charge >= 0.3 is 0 Å². The number of piperidine rings is 1. The second-order valence-corrected chi connectivity index (χ2v) is 12.5. The summed E-state index contributed by atoms with van der Waals surface area (Å²) in [6.45, 7) is 0.559. The molecule has 2 saturated heterocycles. The van der Waals surface area contributed by atoms with Crippen molar-refractivity contribution < 1.29 is 30.8 Å². The highest BCUT2D eigenvalue weighted by Gasteiger charge is 2.50. The van der Waals surface area contributed by atoms with Crippen molar-refractivity contribution in [1.29, 1.82) is 0 Å². The number of nitrogens with one attached hydrogen (secondary N) is 2. The summed E-state index contributed by atoms with van der Waals surface area (Å²) in [5.41, 5.74) is 0.744. The number of fused-ring (bicyclic) bond motifs is 2. The summed E-state index contributed by atoms with van der Waals surface area (Å²) in [6, 6.07) is 8.85. The van der Waals surface area contributed by atoms with Gasteiger partial charge in [-0.3, -0.25) is 19.3 Å². The van der Waals surface area contributed by atoms with Crippen LogP contribution in [0.4, 0.5) is 15.8 Å². The lowest BCUT2D eigenvalue weighted by molar-refractivity contribution is -0.177.